The Morgan fingerprint density at radius 3 is 2.54 bits per heavy atom. The number of ether oxygens (including phenoxy) is 1. The van der Waals surface area contributed by atoms with Gasteiger partial charge in [0.15, 0.2) is 0 Å². The summed E-state index contributed by atoms with van der Waals surface area (Å²) >= 11 is 0. The molecule has 0 bridgehead atoms. The molecule has 0 spiro atoms. The highest BCUT2D eigenvalue weighted by molar-refractivity contribution is 4.64. The maximum atomic E-state index is 8.99. The second-order valence-electron chi connectivity index (χ2n) is 3.23. The Kier molecular flexibility index (Phi) is 9.87. The van der Waals surface area contributed by atoms with Crippen molar-refractivity contribution in [2.45, 2.75) is 39.2 Å². The van der Waals surface area contributed by atoms with E-state index in [-0.39, 0.29) is 12.6 Å². The predicted molar refractivity (Wildman–Crippen MR) is 54.9 cm³/mol. The van der Waals surface area contributed by atoms with E-state index < -0.39 is 0 Å². The van der Waals surface area contributed by atoms with Gasteiger partial charge < -0.3 is 15.2 Å². The molecule has 3 heteroatoms. The largest absolute Gasteiger partial charge is 0.395 e. The normalized spacial score (nSPS) is 13.2. The van der Waals surface area contributed by atoms with Gasteiger partial charge in [-0.2, -0.15) is 0 Å². The molecule has 0 aliphatic carbocycles. The molecule has 0 aromatic heterocycles. The SMILES string of the molecule is CCCNC(CO)CCOCCC. The average Bonchev–Trinajstić information content (AvgIpc) is 2.17. The van der Waals surface area contributed by atoms with Gasteiger partial charge in [-0.3, -0.25) is 0 Å². The Bertz CT molecular complexity index is 98.9. The molecular weight excluding hydrogens is 166 g/mol. The average molecular weight is 189 g/mol. The van der Waals surface area contributed by atoms with Gasteiger partial charge in [0.1, 0.15) is 0 Å². The van der Waals surface area contributed by atoms with Crippen molar-refractivity contribution < 1.29 is 9.84 Å². The molecule has 80 valence electrons. The summed E-state index contributed by atoms with van der Waals surface area (Å²) in [4.78, 5) is 0. The number of aliphatic hydroxyl groups is 1. The van der Waals surface area contributed by atoms with Crippen LogP contribution in [-0.4, -0.2) is 37.5 Å². The summed E-state index contributed by atoms with van der Waals surface area (Å²) in [5.74, 6) is 0. The van der Waals surface area contributed by atoms with Gasteiger partial charge in [0.25, 0.3) is 0 Å². The Morgan fingerprint density at radius 1 is 1.23 bits per heavy atom. The molecule has 3 nitrogen and oxygen atoms in total. The van der Waals surface area contributed by atoms with Crippen LogP contribution >= 0.6 is 0 Å². The van der Waals surface area contributed by atoms with Crippen molar-refractivity contribution in [1.29, 1.82) is 0 Å². The third-order valence-electron chi connectivity index (χ3n) is 1.86. The van der Waals surface area contributed by atoms with Crippen LogP contribution in [0.4, 0.5) is 0 Å². The molecule has 1 unspecified atom stereocenters. The van der Waals surface area contributed by atoms with E-state index in [1.165, 1.54) is 0 Å². The molecule has 13 heavy (non-hydrogen) atoms. The summed E-state index contributed by atoms with van der Waals surface area (Å²) < 4.78 is 5.34. The first kappa shape index (κ1) is 12.9. The van der Waals surface area contributed by atoms with Gasteiger partial charge in [-0.25, -0.2) is 0 Å². The van der Waals surface area contributed by atoms with Crippen LogP contribution in [0.1, 0.15) is 33.1 Å². The molecule has 0 amide bonds. The quantitative estimate of drug-likeness (QED) is 0.535. The molecule has 1 atom stereocenters. The molecule has 0 aliphatic heterocycles. The summed E-state index contributed by atoms with van der Waals surface area (Å²) in [6.45, 7) is 6.96. The van der Waals surface area contributed by atoms with Crippen LogP contribution < -0.4 is 5.32 Å². The first-order valence-electron chi connectivity index (χ1n) is 5.27. The minimum Gasteiger partial charge on any atom is -0.395 e. The number of hydrogen-bond acceptors (Lipinski definition) is 3. The maximum Gasteiger partial charge on any atom is 0.0585 e. The highest BCUT2D eigenvalue weighted by atomic mass is 16.5. The van der Waals surface area contributed by atoms with E-state index in [0.29, 0.717) is 0 Å². The van der Waals surface area contributed by atoms with Crippen LogP contribution in [0, 0.1) is 0 Å². The second kappa shape index (κ2) is 9.96. The monoisotopic (exact) mass is 189 g/mol. The molecular formula is C10H23NO2. The molecule has 0 saturated carbocycles. The van der Waals surface area contributed by atoms with Crippen LogP contribution in [0.15, 0.2) is 0 Å². The summed E-state index contributed by atoms with van der Waals surface area (Å²) in [7, 11) is 0. The van der Waals surface area contributed by atoms with E-state index in [4.69, 9.17) is 9.84 Å². The lowest BCUT2D eigenvalue weighted by Gasteiger charge is -2.15. The molecule has 2 N–H and O–H groups in total. The maximum absolute atomic E-state index is 8.99. The Balaban J connectivity index is 3.25. The summed E-state index contributed by atoms with van der Waals surface area (Å²) in [5.41, 5.74) is 0. The van der Waals surface area contributed by atoms with Crippen molar-refractivity contribution in [2.24, 2.45) is 0 Å². The lowest BCUT2D eigenvalue weighted by Crippen LogP contribution is -2.34. The van der Waals surface area contributed by atoms with Crippen LogP contribution in [0.3, 0.4) is 0 Å². The van der Waals surface area contributed by atoms with Crippen LogP contribution in [0.2, 0.25) is 0 Å². The Morgan fingerprint density at radius 2 is 2.00 bits per heavy atom. The zero-order valence-corrected chi connectivity index (χ0v) is 8.88. The zero-order valence-electron chi connectivity index (χ0n) is 8.88. The topological polar surface area (TPSA) is 41.5 Å². The van der Waals surface area contributed by atoms with Crippen molar-refractivity contribution >= 4 is 0 Å². The third-order valence-corrected chi connectivity index (χ3v) is 1.86. The first-order valence-corrected chi connectivity index (χ1v) is 5.27. The molecule has 0 saturated heterocycles. The fraction of sp³-hybridized carbons (Fsp3) is 1.00. The van der Waals surface area contributed by atoms with Crippen molar-refractivity contribution in [2.75, 3.05) is 26.4 Å². The minimum atomic E-state index is 0.204. The highest BCUT2D eigenvalue weighted by Crippen LogP contribution is 1.93. The van der Waals surface area contributed by atoms with E-state index >= 15 is 0 Å². The number of nitrogens with one attached hydrogen (secondary N) is 1. The molecule has 0 heterocycles. The van der Waals surface area contributed by atoms with Crippen molar-refractivity contribution in [1.82, 2.24) is 5.32 Å². The van der Waals surface area contributed by atoms with Gasteiger partial charge in [0, 0.05) is 19.3 Å². The minimum absolute atomic E-state index is 0.204. The van der Waals surface area contributed by atoms with Crippen molar-refractivity contribution in [3.8, 4) is 0 Å². The molecule has 0 aromatic carbocycles. The third kappa shape index (κ3) is 8.22. The van der Waals surface area contributed by atoms with Gasteiger partial charge in [-0.05, 0) is 25.8 Å². The molecule has 0 aromatic rings. The van der Waals surface area contributed by atoms with E-state index in [0.717, 1.165) is 39.0 Å². The molecule has 0 fully saturated rings. The number of hydrogen-bond donors (Lipinski definition) is 2. The van der Waals surface area contributed by atoms with Crippen LogP contribution in [0.25, 0.3) is 0 Å². The summed E-state index contributed by atoms with van der Waals surface area (Å²) in [5, 5.41) is 12.3. The first-order chi connectivity index (χ1) is 6.35. The molecule has 0 radical (unpaired) electrons. The number of aliphatic hydroxyl groups excluding tert-OH is 1. The van der Waals surface area contributed by atoms with Gasteiger partial charge in [-0.15, -0.1) is 0 Å². The highest BCUT2D eigenvalue weighted by Gasteiger charge is 2.04. The van der Waals surface area contributed by atoms with Crippen molar-refractivity contribution in [3.05, 3.63) is 0 Å². The lowest BCUT2D eigenvalue weighted by atomic mass is 10.2. The van der Waals surface area contributed by atoms with E-state index in [9.17, 15) is 0 Å². The van der Waals surface area contributed by atoms with Crippen molar-refractivity contribution in [3.63, 3.8) is 0 Å². The predicted octanol–water partition coefficient (Wildman–Crippen LogP) is 1.16. The lowest BCUT2D eigenvalue weighted by molar-refractivity contribution is 0.114. The van der Waals surface area contributed by atoms with E-state index in [1.807, 2.05) is 0 Å². The second-order valence-corrected chi connectivity index (χ2v) is 3.23. The van der Waals surface area contributed by atoms with Gasteiger partial charge >= 0.3 is 0 Å². The Hall–Kier alpha value is -0.120. The smallest absolute Gasteiger partial charge is 0.0585 e. The fourth-order valence-corrected chi connectivity index (χ4v) is 1.08. The van der Waals surface area contributed by atoms with Gasteiger partial charge in [0.05, 0.1) is 6.61 Å². The van der Waals surface area contributed by atoms with E-state index in [2.05, 4.69) is 19.2 Å². The fourth-order valence-electron chi connectivity index (χ4n) is 1.08. The molecule has 0 rings (SSSR count). The van der Waals surface area contributed by atoms with Crippen LogP contribution in [-0.2, 0) is 4.74 Å². The standard InChI is InChI=1S/C10H23NO2/c1-3-6-11-10(9-12)5-8-13-7-4-2/h10-12H,3-9H2,1-2H3. The van der Waals surface area contributed by atoms with E-state index in [1.54, 1.807) is 0 Å². The van der Waals surface area contributed by atoms with Gasteiger partial charge in [-0.1, -0.05) is 13.8 Å². The van der Waals surface area contributed by atoms with Crippen LogP contribution in [0.5, 0.6) is 0 Å². The summed E-state index contributed by atoms with van der Waals surface area (Å²) in [6, 6.07) is 0.205. The number of rotatable bonds is 9. The molecule has 0 aliphatic rings. The zero-order chi connectivity index (χ0) is 9.94. The summed E-state index contributed by atoms with van der Waals surface area (Å²) in [6.07, 6.45) is 3.06. The van der Waals surface area contributed by atoms with Gasteiger partial charge in [0.2, 0.25) is 0 Å². The Labute approximate surface area is 81.5 Å².